The largest absolute Gasteiger partial charge is 0.356 e. The molecule has 1 aliphatic heterocycles. The van der Waals surface area contributed by atoms with Gasteiger partial charge in [-0.15, -0.1) is 11.3 Å². The first-order chi connectivity index (χ1) is 14.6. The van der Waals surface area contributed by atoms with Crippen LogP contribution in [-0.2, 0) is 16.0 Å². The fraction of sp³-hybridized carbons (Fsp3) is 0.182. The van der Waals surface area contributed by atoms with E-state index in [1.165, 1.54) is 16.7 Å². The highest BCUT2D eigenvalue weighted by molar-refractivity contribution is 8.26. The van der Waals surface area contributed by atoms with Crippen molar-refractivity contribution in [2.24, 2.45) is 0 Å². The van der Waals surface area contributed by atoms with E-state index < -0.39 is 0 Å². The third-order valence-electron chi connectivity index (χ3n) is 4.53. The van der Waals surface area contributed by atoms with Gasteiger partial charge in [-0.3, -0.25) is 14.5 Å². The summed E-state index contributed by atoms with van der Waals surface area (Å²) in [6.07, 6.45) is 2.73. The Morgan fingerprint density at radius 1 is 1.13 bits per heavy atom. The van der Waals surface area contributed by atoms with Crippen LogP contribution in [0.4, 0.5) is 0 Å². The predicted molar refractivity (Wildman–Crippen MR) is 127 cm³/mol. The molecule has 0 spiro atoms. The van der Waals surface area contributed by atoms with Crippen molar-refractivity contribution in [1.82, 2.24) is 15.2 Å². The Balaban J connectivity index is 1.25. The molecule has 0 radical (unpaired) electrons. The molecule has 3 aromatic rings. The van der Waals surface area contributed by atoms with Crippen LogP contribution in [-0.4, -0.2) is 39.1 Å². The van der Waals surface area contributed by atoms with Gasteiger partial charge in [-0.05, 0) is 23.8 Å². The minimum atomic E-state index is -0.142. The average molecular weight is 454 g/mol. The van der Waals surface area contributed by atoms with E-state index in [1.54, 1.807) is 11.3 Å². The van der Waals surface area contributed by atoms with Crippen molar-refractivity contribution in [3.8, 4) is 0 Å². The zero-order chi connectivity index (χ0) is 20.9. The first kappa shape index (κ1) is 20.7. The molecule has 0 unspecified atom stereocenters. The molecule has 0 atom stereocenters. The number of rotatable bonds is 7. The fourth-order valence-corrected chi connectivity index (χ4v) is 5.31. The van der Waals surface area contributed by atoms with E-state index in [0.29, 0.717) is 22.2 Å². The molecule has 152 valence electrons. The zero-order valence-electron chi connectivity index (χ0n) is 16.0. The van der Waals surface area contributed by atoms with Crippen LogP contribution in [0.2, 0.25) is 0 Å². The highest BCUT2D eigenvalue weighted by atomic mass is 32.2. The van der Waals surface area contributed by atoms with Crippen molar-refractivity contribution in [2.45, 2.75) is 12.8 Å². The number of para-hydroxylation sites is 1. The monoisotopic (exact) mass is 453 g/mol. The minimum absolute atomic E-state index is 0.0998. The summed E-state index contributed by atoms with van der Waals surface area (Å²) < 4.78 is 1.64. The SMILES string of the molecule is O=C(CCN1C(=O)/C(=C/c2ccccc2)SC1=S)NCCc1nc2ccccc2s1. The number of nitrogens with zero attached hydrogens (tertiary/aromatic N) is 2. The van der Waals surface area contributed by atoms with Gasteiger partial charge >= 0.3 is 0 Å². The van der Waals surface area contributed by atoms with Gasteiger partial charge in [-0.1, -0.05) is 66.4 Å². The molecular formula is C22H19N3O2S3. The molecule has 1 aliphatic rings. The topological polar surface area (TPSA) is 62.3 Å². The number of hydrogen-bond acceptors (Lipinski definition) is 6. The standard InChI is InChI=1S/C22H19N3O2S3/c26-19(23-12-10-20-24-16-8-4-5-9-17(16)29-20)11-13-25-21(27)18(30-22(25)28)14-15-6-2-1-3-7-15/h1-9,14H,10-13H2,(H,23,26)/b18-14-. The van der Waals surface area contributed by atoms with Crippen molar-refractivity contribution < 1.29 is 9.59 Å². The van der Waals surface area contributed by atoms with Crippen molar-refractivity contribution >= 4 is 67.7 Å². The number of amides is 2. The van der Waals surface area contributed by atoms with Gasteiger partial charge in [-0.25, -0.2) is 4.98 Å². The second-order valence-corrected chi connectivity index (χ2v) is 9.46. The third kappa shape index (κ3) is 4.95. The van der Waals surface area contributed by atoms with E-state index in [2.05, 4.69) is 10.3 Å². The van der Waals surface area contributed by atoms with E-state index in [9.17, 15) is 9.59 Å². The number of fused-ring (bicyclic) bond motifs is 1. The van der Waals surface area contributed by atoms with E-state index in [4.69, 9.17) is 12.2 Å². The van der Waals surface area contributed by atoms with Crippen LogP contribution in [0.1, 0.15) is 17.0 Å². The summed E-state index contributed by atoms with van der Waals surface area (Å²) in [4.78, 5) is 31.5. The predicted octanol–water partition coefficient (Wildman–Crippen LogP) is 4.25. The Bertz CT molecular complexity index is 1090. The Kier molecular flexibility index (Phi) is 6.56. The van der Waals surface area contributed by atoms with Crippen LogP contribution in [0.15, 0.2) is 59.5 Å². The molecule has 2 amide bonds. The summed E-state index contributed by atoms with van der Waals surface area (Å²) in [7, 11) is 0. The van der Waals surface area contributed by atoms with Gasteiger partial charge in [0.25, 0.3) is 5.91 Å². The van der Waals surface area contributed by atoms with Crippen molar-refractivity contribution in [2.75, 3.05) is 13.1 Å². The lowest BCUT2D eigenvalue weighted by molar-refractivity contribution is -0.123. The summed E-state index contributed by atoms with van der Waals surface area (Å²) in [6.45, 7) is 0.800. The van der Waals surface area contributed by atoms with E-state index in [1.807, 2.05) is 60.7 Å². The number of thiocarbonyl (C=S) groups is 1. The molecule has 1 aromatic heterocycles. The third-order valence-corrected chi connectivity index (χ3v) is 7.01. The van der Waals surface area contributed by atoms with Crippen molar-refractivity contribution in [1.29, 1.82) is 0 Å². The highest BCUT2D eigenvalue weighted by Gasteiger charge is 2.32. The number of hydrogen-bond donors (Lipinski definition) is 1. The number of aromatic nitrogens is 1. The van der Waals surface area contributed by atoms with E-state index in [-0.39, 0.29) is 24.8 Å². The molecule has 0 aliphatic carbocycles. The number of thiazole rings is 1. The van der Waals surface area contributed by atoms with Gasteiger partial charge in [0.1, 0.15) is 4.32 Å². The molecule has 0 saturated carbocycles. The normalized spacial score (nSPS) is 15.3. The first-order valence-corrected chi connectivity index (χ1v) is 11.6. The van der Waals surface area contributed by atoms with Crippen molar-refractivity contribution in [3.05, 3.63) is 70.1 Å². The molecular weight excluding hydrogens is 434 g/mol. The quantitative estimate of drug-likeness (QED) is 0.428. The second kappa shape index (κ2) is 9.51. The lowest BCUT2D eigenvalue weighted by Gasteiger charge is -2.14. The summed E-state index contributed by atoms with van der Waals surface area (Å²) in [5.74, 6) is -0.242. The van der Waals surface area contributed by atoms with Gasteiger partial charge in [0, 0.05) is 25.9 Å². The number of thioether (sulfide) groups is 1. The van der Waals surface area contributed by atoms with Crippen LogP contribution in [0.5, 0.6) is 0 Å². The van der Waals surface area contributed by atoms with Crippen LogP contribution in [0.25, 0.3) is 16.3 Å². The Hall–Kier alpha value is -2.55. The van der Waals surface area contributed by atoms with Crippen LogP contribution in [0.3, 0.4) is 0 Å². The molecule has 5 nitrogen and oxygen atoms in total. The molecule has 8 heteroatoms. The fourth-order valence-electron chi connectivity index (χ4n) is 3.03. The highest BCUT2D eigenvalue weighted by Crippen LogP contribution is 2.32. The summed E-state index contributed by atoms with van der Waals surface area (Å²) in [5.41, 5.74) is 1.94. The smallest absolute Gasteiger partial charge is 0.266 e. The van der Waals surface area contributed by atoms with Gasteiger partial charge in [0.05, 0.1) is 20.1 Å². The Morgan fingerprint density at radius 3 is 2.70 bits per heavy atom. The molecule has 2 aromatic carbocycles. The summed E-state index contributed by atoms with van der Waals surface area (Å²) in [6, 6.07) is 17.6. The second-order valence-electron chi connectivity index (χ2n) is 6.67. The number of nitrogens with one attached hydrogen (secondary N) is 1. The van der Waals surface area contributed by atoms with Crippen LogP contribution in [0, 0.1) is 0 Å². The first-order valence-electron chi connectivity index (χ1n) is 9.52. The van der Waals surface area contributed by atoms with Gasteiger partial charge in [-0.2, -0.15) is 0 Å². The van der Waals surface area contributed by atoms with Gasteiger partial charge in [0.2, 0.25) is 5.91 Å². The lowest BCUT2D eigenvalue weighted by Crippen LogP contribution is -2.34. The minimum Gasteiger partial charge on any atom is -0.356 e. The molecule has 0 bridgehead atoms. The molecule has 30 heavy (non-hydrogen) atoms. The van der Waals surface area contributed by atoms with Gasteiger partial charge in [0.15, 0.2) is 0 Å². The average Bonchev–Trinajstić information content (AvgIpc) is 3.27. The summed E-state index contributed by atoms with van der Waals surface area (Å²) in [5, 5.41) is 3.90. The van der Waals surface area contributed by atoms with Crippen LogP contribution < -0.4 is 5.32 Å². The maximum absolute atomic E-state index is 12.6. The van der Waals surface area contributed by atoms with E-state index >= 15 is 0 Å². The molecule has 4 rings (SSSR count). The Labute approximate surface area is 188 Å². The number of carbonyl (C=O) groups is 2. The summed E-state index contributed by atoms with van der Waals surface area (Å²) >= 11 is 8.25. The molecule has 1 fully saturated rings. The van der Waals surface area contributed by atoms with Crippen LogP contribution >= 0.6 is 35.3 Å². The molecule has 1 N–H and O–H groups in total. The number of benzene rings is 2. The molecule has 2 heterocycles. The zero-order valence-corrected chi connectivity index (χ0v) is 18.5. The van der Waals surface area contributed by atoms with Crippen molar-refractivity contribution in [3.63, 3.8) is 0 Å². The van der Waals surface area contributed by atoms with Gasteiger partial charge < -0.3 is 5.32 Å². The lowest BCUT2D eigenvalue weighted by atomic mass is 10.2. The Morgan fingerprint density at radius 2 is 1.90 bits per heavy atom. The maximum Gasteiger partial charge on any atom is 0.266 e. The maximum atomic E-state index is 12.6. The van der Waals surface area contributed by atoms with E-state index in [0.717, 1.165) is 20.8 Å². The molecule has 1 saturated heterocycles. The number of carbonyl (C=O) groups excluding carboxylic acids is 2.